The average Bonchev–Trinajstić information content (AvgIpc) is 2.42. The third-order valence-corrected chi connectivity index (χ3v) is 2.11. The topological polar surface area (TPSA) is 64.6 Å². The maximum Gasteiger partial charge on any atom is 0.325 e. The molecule has 1 N–H and O–H groups in total. The van der Waals surface area contributed by atoms with Crippen LogP contribution in [0.2, 0.25) is 0 Å². The second-order valence-corrected chi connectivity index (χ2v) is 3.35. The number of para-hydroxylation sites is 1. The van der Waals surface area contributed by atoms with Crippen LogP contribution in [0.4, 0.5) is 0 Å². The molecule has 0 fully saturated rings. The predicted molar refractivity (Wildman–Crippen MR) is 66.5 cm³/mol. The van der Waals surface area contributed by atoms with Crippen molar-refractivity contribution in [1.29, 1.82) is 0 Å². The smallest absolute Gasteiger partial charge is 0.325 e. The summed E-state index contributed by atoms with van der Waals surface area (Å²) >= 11 is 0. The highest BCUT2D eigenvalue weighted by atomic mass is 16.5. The number of carbonyl (C=O) groups excluding carboxylic acids is 2. The lowest BCUT2D eigenvalue weighted by Gasteiger charge is -2.09. The van der Waals surface area contributed by atoms with Crippen LogP contribution < -0.4 is 10.1 Å². The van der Waals surface area contributed by atoms with Gasteiger partial charge in [-0.2, -0.15) is 0 Å². The zero-order valence-electron chi connectivity index (χ0n) is 10.1. The molecule has 1 aromatic carbocycles. The Morgan fingerprint density at radius 1 is 1.39 bits per heavy atom. The first-order valence-electron chi connectivity index (χ1n) is 5.36. The second kappa shape index (κ2) is 7.11. The number of nitrogens with one attached hydrogen (secondary N) is 1. The predicted octanol–water partition coefficient (Wildman–Crippen LogP) is 1.15. The Morgan fingerprint density at radius 2 is 2.11 bits per heavy atom. The summed E-state index contributed by atoms with van der Waals surface area (Å²) in [7, 11) is 1.26. The number of amides is 1. The monoisotopic (exact) mass is 249 g/mol. The molecule has 1 amide bonds. The van der Waals surface area contributed by atoms with E-state index in [1.807, 2.05) is 0 Å². The molecule has 0 aliphatic carbocycles. The molecule has 0 aliphatic heterocycles. The molecule has 0 spiro atoms. The van der Waals surface area contributed by atoms with E-state index in [0.29, 0.717) is 17.9 Å². The minimum atomic E-state index is -0.507. The number of hydrogen-bond acceptors (Lipinski definition) is 4. The summed E-state index contributed by atoms with van der Waals surface area (Å²) in [5.41, 5.74) is 0.364. The van der Waals surface area contributed by atoms with Crippen LogP contribution in [0, 0.1) is 0 Å². The van der Waals surface area contributed by atoms with Crippen molar-refractivity contribution in [3.8, 4) is 5.75 Å². The molecule has 0 aliphatic rings. The van der Waals surface area contributed by atoms with Gasteiger partial charge in [0.1, 0.15) is 18.9 Å². The molecule has 0 radical (unpaired) electrons. The number of hydrogen-bond donors (Lipinski definition) is 1. The molecular weight excluding hydrogens is 234 g/mol. The zero-order valence-corrected chi connectivity index (χ0v) is 10.1. The SMILES string of the molecule is C=CCOc1ccccc1C(=O)NCC(=O)OC. The van der Waals surface area contributed by atoms with E-state index >= 15 is 0 Å². The number of carbonyl (C=O) groups is 2. The lowest BCUT2D eigenvalue weighted by Crippen LogP contribution is -2.30. The number of methoxy groups -OCH3 is 1. The molecule has 0 heterocycles. The van der Waals surface area contributed by atoms with Crippen molar-refractivity contribution in [3.05, 3.63) is 42.5 Å². The Balaban J connectivity index is 2.71. The van der Waals surface area contributed by atoms with Crippen LogP contribution in [-0.2, 0) is 9.53 Å². The Morgan fingerprint density at radius 3 is 2.78 bits per heavy atom. The summed E-state index contributed by atoms with van der Waals surface area (Å²) in [5, 5.41) is 2.45. The van der Waals surface area contributed by atoms with Crippen molar-refractivity contribution in [2.24, 2.45) is 0 Å². The van der Waals surface area contributed by atoms with Gasteiger partial charge in [0.25, 0.3) is 5.91 Å². The van der Waals surface area contributed by atoms with Crippen LogP contribution in [0.15, 0.2) is 36.9 Å². The first-order chi connectivity index (χ1) is 8.69. The largest absolute Gasteiger partial charge is 0.489 e. The highest BCUT2D eigenvalue weighted by molar-refractivity contribution is 5.98. The van der Waals surface area contributed by atoms with Crippen LogP contribution in [0.3, 0.4) is 0 Å². The van der Waals surface area contributed by atoms with Gasteiger partial charge in [0.15, 0.2) is 0 Å². The fourth-order valence-electron chi connectivity index (χ4n) is 1.25. The molecule has 18 heavy (non-hydrogen) atoms. The molecule has 0 saturated carbocycles. The third-order valence-electron chi connectivity index (χ3n) is 2.11. The van der Waals surface area contributed by atoms with E-state index in [0.717, 1.165) is 0 Å². The van der Waals surface area contributed by atoms with E-state index in [1.165, 1.54) is 7.11 Å². The average molecular weight is 249 g/mol. The summed E-state index contributed by atoms with van der Waals surface area (Å²) < 4.78 is 9.78. The molecule has 5 nitrogen and oxygen atoms in total. The maximum absolute atomic E-state index is 11.8. The third kappa shape index (κ3) is 3.93. The Kier molecular flexibility index (Phi) is 5.44. The van der Waals surface area contributed by atoms with Crippen LogP contribution >= 0.6 is 0 Å². The van der Waals surface area contributed by atoms with Crippen LogP contribution in [0.25, 0.3) is 0 Å². The van der Waals surface area contributed by atoms with E-state index in [4.69, 9.17) is 4.74 Å². The van der Waals surface area contributed by atoms with Crippen molar-refractivity contribution in [1.82, 2.24) is 5.32 Å². The minimum absolute atomic E-state index is 0.175. The van der Waals surface area contributed by atoms with Gasteiger partial charge in [-0.3, -0.25) is 9.59 Å². The lowest BCUT2D eigenvalue weighted by molar-refractivity contribution is -0.139. The van der Waals surface area contributed by atoms with E-state index in [2.05, 4.69) is 16.6 Å². The second-order valence-electron chi connectivity index (χ2n) is 3.35. The molecular formula is C13H15NO4. The van der Waals surface area contributed by atoms with Gasteiger partial charge < -0.3 is 14.8 Å². The quantitative estimate of drug-likeness (QED) is 0.607. The Bertz CT molecular complexity index is 442. The number of ether oxygens (including phenoxy) is 2. The lowest BCUT2D eigenvalue weighted by atomic mass is 10.2. The van der Waals surface area contributed by atoms with E-state index < -0.39 is 5.97 Å². The van der Waals surface area contributed by atoms with Gasteiger partial charge >= 0.3 is 5.97 Å². The van der Waals surface area contributed by atoms with Gasteiger partial charge in [-0.15, -0.1) is 0 Å². The molecule has 5 heteroatoms. The van der Waals surface area contributed by atoms with Gasteiger partial charge in [0, 0.05) is 0 Å². The van der Waals surface area contributed by atoms with Gasteiger partial charge in [0.05, 0.1) is 12.7 Å². The zero-order chi connectivity index (χ0) is 13.4. The van der Waals surface area contributed by atoms with E-state index in [-0.39, 0.29) is 12.5 Å². The first kappa shape index (κ1) is 13.8. The first-order valence-corrected chi connectivity index (χ1v) is 5.36. The fourth-order valence-corrected chi connectivity index (χ4v) is 1.25. The van der Waals surface area contributed by atoms with E-state index in [1.54, 1.807) is 30.3 Å². The molecule has 1 rings (SSSR count). The van der Waals surface area contributed by atoms with Crippen molar-refractivity contribution >= 4 is 11.9 Å². The maximum atomic E-state index is 11.8. The summed E-state index contributed by atoms with van der Waals surface area (Å²) in [4.78, 5) is 22.7. The number of rotatable bonds is 6. The van der Waals surface area contributed by atoms with Crippen molar-refractivity contribution in [3.63, 3.8) is 0 Å². The Labute approximate surface area is 105 Å². The summed E-state index contributed by atoms with van der Waals surface area (Å²) in [5.74, 6) is -0.451. The van der Waals surface area contributed by atoms with Crippen LogP contribution in [0.1, 0.15) is 10.4 Å². The molecule has 0 unspecified atom stereocenters. The number of esters is 1. The molecule has 96 valence electrons. The standard InChI is InChI=1S/C13H15NO4/c1-3-8-18-11-7-5-4-6-10(11)13(16)14-9-12(15)17-2/h3-7H,1,8-9H2,2H3,(H,14,16). The van der Waals surface area contributed by atoms with E-state index in [9.17, 15) is 9.59 Å². The molecule has 1 aromatic rings. The Hall–Kier alpha value is -2.30. The number of benzene rings is 1. The van der Waals surface area contributed by atoms with Crippen LogP contribution in [-0.4, -0.2) is 32.1 Å². The minimum Gasteiger partial charge on any atom is -0.489 e. The fraction of sp³-hybridized carbons (Fsp3) is 0.231. The molecule has 0 aromatic heterocycles. The van der Waals surface area contributed by atoms with Crippen molar-refractivity contribution in [2.45, 2.75) is 0 Å². The summed E-state index contributed by atoms with van der Waals surface area (Å²) in [6, 6.07) is 6.77. The van der Waals surface area contributed by atoms with Crippen molar-refractivity contribution < 1.29 is 19.1 Å². The summed E-state index contributed by atoms with van der Waals surface area (Å²) in [6.07, 6.45) is 1.59. The van der Waals surface area contributed by atoms with Crippen molar-refractivity contribution in [2.75, 3.05) is 20.3 Å². The molecule has 0 saturated heterocycles. The van der Waals surface area contributed by atoms with Gasteiger partial charge in [0.2, 0.25) is 0 Å². The van der Waals surface area contributed by atoms with Gasteiger partial charge in [-0.1, -0.05) is 24.8 Å². The molecule has 0 atom stereocenters. The summed E-state index contributed by atoms with van der Waals surface area (Å²) in [6.45, 7) is 3.67. The highest BCUT2D eigenvalue weighted by Gasteiger charge is 2.12. The normalized spacial score (nSPS) is 9.39. The van der Waals surface area contributed by atoms with Gasteiger partial charge in [-0.05, 0) is 12.1 Å². The van der Waals surface area contributed by atoms with Crippen LogP contribution in [0.5, 0.6) is 5.75 Å². The molecule has 0 bridgehead atoms. The van der Waals surface area contributed by atoms with Gasteiger partial charge in [-0.25, -0.2) is 0 Å². The highest BCUT2D eigenvalue weighted by Crippen LogP contribution is 2.17.